The molecular weight excluding hydrogens is 403 g/mol. The second-order valence-corrected chi connectivity index (χ2v) is 7.57. The second kappa shape index (κ2) is 8.26. The van der Waals surface area contributed by atoms with E-state index < -0.39 is 23.7 Å². The van der Waals surface area contributed by atoms with Gasteiger partial charge in [0, 0.05) is 6.92 Å². The van der Waals surface area contributed by atoms with Crippen LogP contribution in [0.25, 0.3) is 0 Å². The zero-order valence-corrected chi connectivity index (χ0v) is 16.2. The Morgan fingerprint density at radius 1 is 1.26 bits per heavy atom. The van der Waals surface area contributed by atoms with Crippen LogP contribution in [0.3, 0.4) is 0 Å². The quantitative estimate of drug-likeness (QED) is 0.639. The number of aromatic nitrogens is 1. The average Bonchev–Trinajstić information content (AvgIpc) is 3.01. The minimum absolute atomic E-state index is 0.142. The van der Waals surface area contributed by atoms with Gasteiger partial charge in [0.25, 0.3) is 0 Å². The van der Waals surface area contributed by atoms with E-state index in [4.69, 9.17) is 11.6 Å². The van der Waals surface area contributed by atoms with Crippen molar-refractivity contribution in [2.75, 3.05) is 10.6 Å². The highest BCUT2D eigenvalue weighted by Gasteiger charge is 2.31. The molecule has 5 nitrogen and oxygen atoms in total. The zero-order chi connectivity index (χ0) is 20.4. The average molecular weight is 420 g/mol. The summed E-state index contributed by atoms with van der Waals surface area (Å²) < 4.78 is 38.2. The van der Waals surface area contributed by atoms with Gasteiger partial charge in [-0.3, -0.25) is 9.59 Å². The van der Waals surface area contributed by atoms with Gasteiger partial charge in [-0.2, -0.15) is 13.2 Å². The Bertz CT molecular complexity index is 852. The lowest BCUT2D eigenvalue weighted by molar-refractivity contribution is -0.137. The number of alkyl halides is 3. The molecular formula is C17H17ClF3N3O2S. The predicted octanol–water partition coefficient (Wildman–Crippen LogP) is 5.09. The lowest BCUT2D eigenvalue weighted by Gasteiger charge is -2.23. The summed E-state index contributed by atoms with van der Waals surface area (Å²) in [5.74, 6) is -0.802. The van der Waals surface area contributed by atoms with Gasteiger partial charge in [0.05, 0.1) is 27.3 Å². The normalized spacial score (nSPS) is 12.7. The van der Waals surface area contributed by atoms with Crippen molar-refractivity contribution in [2.24, 2.45) is 5.92 Å². The first-order valence-corrected chi connectivity index (χ1v) is 9.09. The highest BCUT2D eigenvalue weighted by molar-refractivity contribution is 7.17. The van der Waals surface area contributed by atoms with Crippen molar-refractivity contribution < 1.29 is 22.8 Å². The number of hydrogen-bond donors (Lipinski definition) is 2. The molecule has 0 aliphatic carbocycles. The first-order valence-electron chi connectivity index (χ1n) is 7.90. The maximum atomic E-state index is 12.7. The standard InChI is InChI=1S/C17H17ClF3N3O2S/c1-8(2)14(15(26)24-16-22-7-13(27-16)9(3)25)23-12-5-4-10(6-11(12)18)17(19,20)21/h4-8,14,23H,1-3H3,(H,22,24,26)/t14-/m0/s1. The monoisotopic (exact) mass is 419 g/mol. The summed E-state index contributed by atoms with van der Waals surface area (Å²) in [5.41, 5.74) is -0.662. The summed E-state index contributed by atoms with van der Waals surface area (Å²) in [6.07, 6.45) is -3.14. The van der Waals surface area contributed by atoms with Crippen molar-refractivity contribution in [3.63, 3.8) is 0 Å². The van der Waals surface area contributed by atoms with Crippen molar-refractivity contribution in [3.8, 4) is 0 Å². The summed E-state index contributed by atoms with van der Waals surface area (Å²) in [6.45, 7) is 4.94. The molecule has 0 saturated carbocycles. The molecule has 1 aromatic carbocycles. The van der Waals surface area contributed by atoms with E-state index in [2.05, 4.69) is 15.6 Å². The third-order valence-corrected chi connectivity index (χ3v) is 4.97. The topological polar surface area (TPSA) is 71.1 Å². The predicted molar refractivity (Wildman–Crippen MR) is 99.5 cm³/mol. The number of benzene rings is 1. The third-order valence-electron chi connectivity index (χ3n) is 3.64. The van der Waals surface area contributed by atoms with E-state index in [-0.39, 0.29) is 27.5 Å². The fourth-order valence-electron chi connectivity index (χ4n) is 2.19. The molecule has 0 aliphatic heterocycles. The number of carbonyl (C=O) groups is 2. The Hall–Kier alpha value is -2.13. The molecule has 2 aromatic rings. The van der Waals surface area contributed by atoms with Crippen LogP contribution >= 0.6 is 22.9 Å². The Labute approximate surface area is 162 Å². The molecule has 146 valence electrons. The molecule has 1 amide bonds. The van der Waals surface area contributed by atoms with Crippen molar-refractivity contribution in [3.05, 3.63) is 39.9 Å². The van der Waals surface area contributed by atoms with Crippen LogP contribution in [-0.4, -0.2) is 22.7 Å². The van der Waals surface area contributed by atoms with Crippen LogP contribution < -0.4 is 10.6 Å². The summed E-state index contributed by atoms with van der Waals surface area (Å²) in [7, 11) is 0. The van der Waals surface area contributed by atoms with Gasteiger partial charge in [-0.15, -0.1) is 0 Å². The molecule has 0 fully saturated rings. The van der Waals surface area contributed by atoms with Crippen LogP contribution in [0, 0.1) is 5.92 Å². The van der Waals surface area contributed by atoms with E-state index in [1.165, 1.54) is 19.2 Å². The maximum absolute atomic E-state index is 12.7. The molecule has 0 aliphatic rings. The number of halogens is 4. The van der Waals surface area contributed by atoms with Gasteiger partial charge >= 0.3 is 6.18 Å². The van der Waals surface area contributed by atoms with Gasteiger partial charge in [0.1, 0.15) is 6.04 Å². The van der Waals surface area contributed by atoms with Crippen molar-refractivity contribution in [1.29, 1.82) is 0 Å². The SMILES string of the molecule is CC(=O)c1cnc(NC(=O)[C@@H](Nc2ccc(C(F)(F)F)cc2Cl)C(C)C)s1. The van der Waals surface area contributed by atoms with Crippen LogP contribution in [0.1, 0.15) is 36.0 Å². The molecule has 1 atom stereocenters. The number of ketones is 1. The molecule has 0 saturated heterocycles. The lowest BCUT2D eigenvalue weighted by atomic mass is 10.0. The molecule has 1 aromatic heterocycles. The van der Waals surface area contributed by atoms with E-state index in [0.29, 0.717) is 4.88 Å². The van der Waals surface area contributed by atoms with Crippen LogP contribution in [0.2, 0.25) is 5.02 Å². The minimum Gasteiger partial charge on any atom is -0.372 e. The molecule has 10 heteroatoms. The maximum Gasteiger partial charge on any atom is 0.416 e. The number of rotatable bonds is 6. The summed E-state index contributed by atoms with van der Waals surface area (Å²) in [5, 5.41) is 5.60. The first kappa shape index (κ1) is 21.2. The molecule has 0 radical (unpaired) electrons. The van der Waals surface area contributed by atoms with E-state index in [1.807, 2.05) is 0 Å². The Balaban J connectivity index is 2.17. The largest absolute Gasteiger partial charge is 0.416 e. The zero-order valence-electron chi connectivity index (χ0n) is 14.6. The number of carbonyl (C=O) groups excluding carboxylic acids is 2. The minimum atomic E-state index is -4.50. The van der Waals surface area contributed by atoms with Gasteiger partial charge in [-0.1, -0.05) is 36.8 Å². The summed E-state index contributed by atoms with van der Waals surface area (Å²) in [6, 6.07) is 2.11. The summed E-state index contributed by atoms with van der Waals surface area (Å²) >= 11 is 6.99. The van der Waals surface area contributed by atoms with Gasteiger partial charge in [0.2, 0.25) is 5.91 Å². The van der Waals surface area contributed by atoms with E-state index in [9.17, 15) is 22.8 Å². The fraction of sp³-hybridized carbons (Fsp3) is 0.353. The molecule has 0 bridgehead atoms. The number of thiazole rings is 1. The Kier molecular flexibility index (Phi) is 6.48. The van der Waals surface area contributed by atoms with Crippen molar-refractivity contribution in [2.45, 2.75) is 33.0 Å². The Morgan fingerprint density at radius 2 is 1.93 bits per heavy atom. The van der Waals surface area contributed by atoms with E-state index in [1.54, 1.807) is 13.8 Å². The van der Waals surface area contributed by atoms with Gasteiger partial charge < -0.3 is 10.6 Å². The molecule has 1 heterocycles. The second-order valence-electron chi connectivity index (χ2n) is 6.13. The van der Waals surface area contributed by atoms with Gasteiger partial charge in [0.15, 0.2) is 10.9 Å². The highest BCUT2D eigenvalue weighted by Crippen LogP contribution is 2.34. The number of Topliss-reactive ketones (excluding diaryl/α,β-unsaturated/α-hetero) is 1. The number of nitrogens with zero attached hydrogens (tertiary/aromatic N) is 1. The van der Waals surface area contributed by atoms with Crippen molar-refractivity contribution in [1.82, 2.24) is 4.98 Å². The van der Waals surface area contributed by atoms with Gasteiger partial charge in [-0.25, -0.2) is 4.98 Å². The third kappa shape index (κ3) is 5.43. The van der Waals surface area contributed by atoms with Crippen molar-refractivity contribution >= 4 is 45.4 Å². The molecule has 2 N–H and O–H groups in total. The number of hydrogen-bond acceptors (Lipinski definition) is 5. The number of amides is 1. The molecule has 2 rings (SSSR count). The van der Waals surface area contributed by atoms with E-state index >= 15 is 0 Å². The summed E-state index contributed by atoms with van der Waals surface area (Å²) in [4.78, 5) is 28.3. The first-order chi connectivity index (χ1) is 12.5. The number of nitrogens with one attached hydrogen (secondary N) is 2. The molecule has 27 heavy (non-hydrogen) atoms. The van der Waals surface area contributed by atoms with Crippen LogP contribution in [0.5, 0.6) is 0 Å². The van der Waals surface area contributed by atoms with E-state index in [0.717, 1.165) is 23.5 Å². The van der Waals surface area contributed by atoms with Crippen LogP contribution in [0.15, 0.2) is 24.4 Å². The van der Waals surface area contributed by atoms with Crippen LogP contribution in [-0.2, 0) is 11.0 Å². The number of anilines is 2. The Morgan fingerprint density at radius 3 is 2.41 bits per heavy atom. The highest BCUT2D eigenvalue weighted by atomic mass is 35.5. The molecule has 0 unspecified atom stereocenters. The molecule has 0 spiro atoms. The lowest BCUT2D eigenvalue weighted by Crippen LogP contribution is -2.39. The van der Waals surface area contributed by atoms with Gasteiger partial charge in [-0.05, 0) is 24.1 Å². The van der Waals surface area contributed by atoms with Crippen LogP contribution in [0.4, 0.5) is 24.0 Å². The smallest absolute Gasteiger partial charge is 0.372 e. The fourth-order valence-corrected chi connectivity index (χ4v) is 3.14.